The van der Waals surface area contributed by atoms with Crippen molar-refractivity contribution in [2.24, 2.45) is 7.05 Å². The van der Waals surface area contributed by atoms with Crippen LogP contribution in [0.5, 0.6) is 0 Å². The normalized spacial score (nSPS) is 11.9. The number of anilines is 1. The molecule has 0 spiro atoms. The average Bonchev–Trinajstić information content (AvgIpc) is 2.80. The van der Waals surface area contributed by atoms with E-state index in [4.69, 9.17) is 10.2 Å². The first kappa shape index (κ1) is 13.6. The Hall–Kier alpha value is -1.87. The van der Waals surface area contributed by atoms with Gasteiger partial charge in [0.1, 0.15) is 10.7 Å². The molecule has 0 aliphatic carbocycles. The van der Waals surface area contributed by atoms with E-state index in [2.05, 4.69) is 14.8 Å². The van der Waals surface area contributed by atoms with Crippen LogP contribution in [0, 0.1) is 13.8 Å². The minimum absolute atomic E-state index is 0.0364. The predicted molar refractivity (Wildman–Crippen MR) is 67.6 cm³/mol. The van der Waals surface area contributed by atoms with Gasteiger partial charge in [0.15, 0.2) is 5.82 Å². The number of oxazole rings is 1. The molecule has 0 aromatic carbocycles. The minimum atomic E-state index is -3.73. The van der Waals surface area contributed by atoms with Crippen LogP contribution in [0.3, 0.4) is 0 Å². The van der Waals surface area contributed by atoms with Gasteiger partial charge in [-0.3, -0.25) is 4.68 Å². The summed E-state index contributed by atoms with van der Waals surface area (Å²) in [7, 11) is -2.14. The van der Waals surface area contributed by atoms with Gasteiger partial charge < -0.3 is 10.2 Å². The molecule has 0 fully saturated rings. The molecular weight excluding hydrogens is 270 g/mol. The first-order chi connectivity index (χ1) is 8.79. The number of hydrogen-bond acceptors (Lipinski definition) is 6. The number of nitrogen functional groups attached to an aromatic ring is 1. The van der Waals surface area contributed by atoms with Crippen LogP contribution in [0.25, 0.3) is 0 Å². The number of aromatic nitrogens is 3. The van der Waals surface area contributed by atoms with E-state index >= 15 is 0 Å². The number of sulfonamides is 1. The average molecular weight is 285 g/mol. The maximum Gasteiger partial charge on any atom is 0.246 e. The Kier molecular flexibility index (Phi) is 3.33. The van der Waals surface area contributed by atoms with Gasteiger partial charge in [0.25, 0.3) is 0 Å². The lowest BCUT2D eigenvalue weighted by Gasteiger charge is -2.02. The Balaban J connectivity index is 2.16. The van der Waals surface area contributed by atoms with Gasteiger partial charge in [-0.25, -0.2) is 18.1 Å². The molecular formula is C10H15N5O3S. The highest BCUT2D eigenvalue weighted by Crippen LogP contribution is 2.16. The van der Waals surface area contributed by atoms with Crippen LogP contribution in [0.15, 0.2) is 15.5 Å². The summed E-state index contributed by atoms with van der Waals surface area (Å²) in [4.78, 5) is 4.03. The maximum atomic E-state index is 12.0. The standard InChI is InChI=1S/C10H15N5O3S/c1-6-7(2)18-9(13-6)4-12-19(16,17)8-5-15(3)14-10(8)11/h5,12H,4H2,1-3H3,(H2,11,14). The summed E-state index contributed by atoms with van der Waals surface area (Å²) in [5.74, 6) is 0.922. The second-order valence-electron chi connectivity index (χ2n) is 4.13. The van der Waals surface area contributed by atoms with Crippen molar-refractivity contribution in [2.75, 3.05) is 5.73 Å². The Labute approximate surface area is 110 Å². The molecule has 8 nitrogen and oxygen atoms in total. The monoisotopic (exact) mass is 285 g/mol. The molecule has 2 aromatic rings. The fraction of sp³-hybridized carbons (Fsp3) is 0.400. The summed E-state index contributed by atoms with van der Waals surface area (Å²) in [5, 5.41) is 3.79. The molecule has 2 heterocycles. The first-order valence-electron chi connectivity index (χ1n) is 5.51. The number of nitrogens with two attached hydrogens (primary N) is 1. The summed E-state index contributed by atoms with van der Waals surface area (Å²) in [6.07, 6.45) is 1.34. The lowest BCUT2D eigenvalue weighted by molar-refractivity contribution is 0.463. The van der Waals surface area contributed by atoms with Crippen molar-refractivity contribution < 1.29 is 12.8 Å². The van der Waals surface area contributed by atoms with E-state index in [0.29, 0.717) is 11.7 Å². The molecule has 0 amide bonds. The SMILES string of the molecule is Cc1nc(CNS(=O)(=O)c2cn(C)nc2N)oc1C. The second kappa shape index (κ2) is 4.67. The topological polar surface area (TPSA) is 116 Å². The third kappa shape index (κ3) is 2.76. The number of nitrogens with one attached hydrogen (secondary N) is 1. The summed E-state index contributed by atoms with van der Waals surface area (Å²) in [6, 6.07) is 0. The quantitative estimate of drug-likeness (QED) is 0.822. The molecule has 0 unspecified atom stereocenters. The zero-order valence-corrected chi connectivity index (χ0v) is 11.7. The van der Waals surface area contributed by atoms with Crippen LogP contribution in [0.4, 0.5) is 5.82 Å². The molecule has 104 valence electrons. The summed E-state index contributed by atoms with van der Waals surface area (Å²) in [6.45, 7) is 3.51. The summed E-state index contributed by atoms with van der Waals surface area (Å²) < 4.78 is 33.0. The van der Waals surface area contributed by atoms with E-state index < -0.39 is 10.0 Å². The molecule has 0 radical (unpaired) electrons. The maximum absolute atomic E-state index is 12.0. The highest BCUT2D eigenvalue weighted by atomic mass is 32.2. The van der Waals surface area contributed by atoms with Crippen molar-refractivity contribution >= 4 is 15.8 Å². The highest BCUT2D eigenvalue weighted by Gasteiger charge is 2.21. The molecule has 19 heavy (non-hydrogen) atoms. The van der Waals surface area contributed by atoms with Gasteiger partial charge in [-0.1, -0.05) is 0 Å². The number of aryl methyl sites for hydroxylation is 3. The molecule has 2 rings (SSSR count). The van der Waals surface area contributed by atoms with Crippen molar-refractivity contribution in [3.8, 4) is 0 Å². The highest BCUT2D eigenvalue weighted by molar-refractivity contribution is 7.89. The van der Waals surface area contributed by atoms with Crippen molar-refractivity contribution in [1.29, 1.82) is 0 Å². The van der Waals surface area contributed by atoms with E-state index in [1.807, 2.05) is 0 Å². The van der Waals surface area contributed by atoms with Gasteiger partial charge in [0, 0.05) is 13.2 Å². The number of rotatable bonds is 4. The minimum Gasteiger partial charge on any atom is -0.444 e. The molecule has 0 saturated carbocycles. The zero-order chi connectivity index (χ0) is 14.2. The second-order valence-corrected chi connectivity index (χ2v) is 5.86. The summed E-state index contributed by atoms with van der Waals surface area (Å²) >= 11 is 0. The summed E-state index contributed by atoms with van der Waals surface area (Å²) in [5.41, 5.74) is 6.27. The molecule has 0 aliphatic heterocycles. The Morgan fingerprint density at radius 1 is 1.47 bits per heavy atom. The lowest BCUT2D eigenvalue weighted by atomic mass is 10.4. The van der Waals surface area contributed by atoms with Gasteiger partial charge in [-0.15, -0.1) is 0 Å². The van der Waals surface area contributed by atoms with Crippen molar-refractivity contribution in [1.82, 2.24) is 19.5 Å². The van der Waals surface area contributed by atoms with E-state index in [0.717, 1.165) is 5.69 Å². The Bertz CT molecular complexity index is 681. The largest absolute Gasteiger partial charge is 0.444 e. The van der Waals surface area contributed by atoms with Crippen LogP contribution in [-0.4, -0.2) is 23.2 Å². The fourth-order valence-corrected chi connectivity index (χ4v) is 2.62. The molecule has 0 aliphatic rings. The number of nitrogens with zero attached hydrogens (tertiary/aromatic N) is 3. The van der Waals surface area contributed by atoms with Crippen LogP contribution in [0.2, 0.25) is 0 Å². The lowest BCUT2D eigenvalue weighted by Crippen LogP contribution is -2.23. The molecule has 9 heteroatoms. The molecule has 2 aromatic heterocycles. The van der Waals surface area contributed by atoms with Gasteiger partial charge in [-0.2, -0.15) is 5.10 Å². The van der Waals surface area contributed by atoms with E-state index in [-0.39, 0.29) is 17.3 Å². The Morgan fingerprint density at radius 3 is 2.63 bits per heavy atom. The van der Waals surface area contributed by atoms with Crippen molar-refractivity contribution in [2.45, 2.75) is 25.3 Å². The predicted octanol–water partition coefficient (Wildman–Crippen LogP) is 0.0856. The number of hydrogen-bond donors (Lipinski definition) is 2. The van der Waals surface area contributed by atoms with Crippen LogP contribution in [-0.2, 0) is 23.6 Å². The van der Waals surface area contributed by atoms with E-state index in [9.17, 15) is 8.42 Å². The van der Waals surface area contributed by atoms with E-state index in [1.54, 1.807) is 20.9 Å². The third-order valence-electron chi connectivity index (χ3n) is 2.60. The van der Waals surface area contributed by atoms with Crippen LogP contribution < -0.4 is 10.5 Å². The molecule has 0 atom stereocenters. The van der Waals surface area contributed by atoms with Crippen molar-refractivity contribution in [3.63, 3.8) is 0 Å². The first-order valence-corrected chi connectivity index (χ1v) is 6.99. The van der Waals surface area contributed by atoms with Crippen LogP contribution in [0.1, 0.15) is 17.3 Å². The fourth-order valence-electron chi connectivity index (χ4n) is 1.54. The Morgan fingerprint density at radius 2 is 2.16 bits per heavy atom. The smallest absolute Gasteiger partial charge is 0.246 e. The van der Waals surface area contributed by atoms with Crippen molar-refractivity contribution in [3.05, 3.63) is 23.5 Å². The van der Waals surface area contributed by atoms with E-state index in [1.165, 1.54) is 10.9 Å². The van der Waals surface area contributed by atoms with Gasteiger partial charge >= 0.3 is 0 Å². The molecule has 0 bridgehead atoms. The zero-order valence-electron chi connectivity index (χ0n) is 10.8. The molecule has 3 N–H and O–H groups in total. The van der Waals surface area contributed by atoms with Gasteiger partial charge in [-0.05, 0) is 13.8 Å². The van der Waals surface area contributed by atoms with Gasteiger partial charge in [0.05, 0.1) is 12.2 Å². The van der Waals surface area contributed by atoms with Gasteiger partial charge in [0.2, 0.25) is 15.9 Å². The third-order valence-corrected chi connectivity index (χ3v) is 4.02. The van der Waals surface area contributed by atoms with Crippen LogP contribution >= 0.6 is 0 Å². The molecule has 0 saturated heterocycles.